The highest BCUT2D eigenvalue weighted by Gasteiger charge is 2.16. The Morgan fingerprint density at radius 1 is 1.20 bits per heavy atom. The van der Waals surface area contributed by atoms with Crippen LogP contribution in [0, 0.1) is 5.92 Å². The van der Waals surface area contributed by atoms with E-state index in [2.05, 4.69) is 40.0 Å². The van der Waals surface area contributed by atoms with Crippen LogP contribution in [-0.2, 0) is 11.3 Å². The van der Waals surface area contributed by atoms with Gasteiger partial charge in [0.15, 0.2) is 0 Å². The minimum Gasteiger partial charge on any atom is -0.407 e. The van der Waals surface area contributed by atoms with Crippen molar-refractivity contribution in [2.45, 2.75) is 53.2 Å². The molecule has 1 heterocycles. The van der Waals surface area contributed by atoms with Gasteiger partial charge in [-0.25, -0.2) is 0 Å². The van der Waals surface area contributed by atoms with Crippen molar-refractivity contribution in [1.82, 2.24) is 20.8 Å². The van der Waals surface area contributed by atoms with Gasteiger partial charge in [0.1, 0.15) is 6.04 Å². The Kier molecular flexibility index (Phi) is 6.44. The first-order valence-electron chi connectivity index (χ1n) is 6.98. The number of aromatic nitrogens is 2. The molecule has 1 unspecified atom stereocenters. The topological polar surface area (TPSA) is 92.1 Å². The molecule has 114 valence electrons. The van der Waals surface area contributed by atoms with Gasteiger partial charge in [0.2, 0.25) is 11.8 Å². The Hall–Kier alpha value is -1.63. The van der Waals surface area contributed by atoms with Crippen LogP contribution in [-0.4, -0.2) is 34.7 Å². The SMILES string of the molecule is CC(C)CNCc1nnc(NC(C)C(=O)NC(C)C)o1. The van der Waals surface area contributed by atoms with Gasteiger partial charge in [-0.3, -0.25) is 4.79 Å². The number of nitrogens with one attached hydrogen (secondary N) is 3. The zero-order valence-electron chi connectivity index (χ0n) is 12.9. The molecular weight excluding hydrogens is 258 g/mol. The highest BCUT2D eigenvalue weighted by Crippen LogP contribution is 2.07. The van der Waals surface area contributed by atoms with E-state index in [0.717, 1.165) is 6.54 Å². The van der Waals surface area contributed by atoms with Crippen LogP contribution in [0.2, 0.25) is 0 Å². The van der Waals surface area contributed by atoms with Gasteiger partial charge >= 0.3 is 6.01 Å². The average Bonchev–Trinajstić information content (AvgIpc) is 2.75. The van der Waals surface area contributed by atoms with Gasteiger partial charge in [-0.05, 0) is 33.2 Å². The van der Waals surface area contributed by atoms with Gasteiger partial charge in [-0.2, -0.15) is 0 Å². The van der Waals surface area contributed by atoms with Crippen LogP contribution in [0.15, 0.2) is 4.42 Å². The van der Waals surface area contributed by atoms with E-state index in [0.29, 0.717) is 18.4 Å². The quantitative estimate of drug-likeness (QED) is 0.662. The Morgan fingerprint density at radius 2 is 1.90 bits per heavy atom. The van der Waals surface area contributed by atoms with E-state index in [9.17, 15) is 4.79 Å². The molecule has 0 saturated heterocycles. The van der Waals surface area contributed by atoms with Crippen molar-refractivity contribution in [1.29, 1.82) is 0 Å². The third-order valence-corrected chi connectivity index (χ3v) is 2.46. The summed E-state index contributed by atoms with van der Waals surface area (Å²) in [6, 6.07) is -0.0581. The molecule has 20 heavy (non-hydrogen) atoms. The summed E-state index contributed by atoms with van der Waals surface area (Å²) in [6.07, 6.45) is 0. The van der Waals surface area contributed by atoms with E-state index in [4.69, 9.17) is 4.42 Å². The second kappa shape index (κ2) is 7.84. The summed E-state index contributed by atoms with van der Waals surface area (Å²) >= 11 is 0. The Bertz CT molecular complexity index is 417. The lowest BCUT2D eigenvalue weighted by Crippen LogP contribution is -2.41. The lowest BCUT2D eigenvalue weighted by Gasteiger charge is -2.14. The van der Waals surface area contributed by atoms with Crippen LogP contribution in [0.4, 0.5) is 6.01 Å². The lowest BCUT2D eigenvalue weighted by molar-refractivity contribution is -0.122. The van der Waals surface area contributed by atoms with Crippen molar-refractivity contribution in [2.24, 2.45) is 5.92 Å². The Balaban J connectivity index is 2.41. The number of hydrogen-bond acceptors (Lipinski definition) is 6. The fourth-order valence-corrected chi connectivity index (χ4v) is 1.51. The molecule has 7 nitrogen and oxygen atoms in total. The van der Waals surface area contributed by atoms with Crippen LogP contribution in [0.1, 0.15) is 40.5 Å². The molecule has 0 spiro atoms. The van der Waals surface area contributed by atoms with Gasteiger partial charge in [-0.1, -0.05) is 18.9 Å². The maximum atomic E-state index is 11.7. The number of carbonyl (C=O) groups excluding carboxylic acids is 1. The van der Waals surface area contributed by atoms with E-state index in [1.807, 2.05) is 13.8 Å². The third-order valence-electron chi connectivity index (χ3n) is 2.46. The molecule has 3 N–H and O–H groups in total. The second-order valence-electron chi connectivity index (χ2n) is 5.56. The second-order valence-corrected chi connectivity index (χ2v) is 5.56. The molecule has 1 rings (SSSR count). The number of amides is 1. The molecule has 0 radical (unpaired) electrons. The summed E-state index contributed by atoms with van der Waals surface area (Å²) in [7, 11) is 0. The molecule has 0 aliphatic heterocycles. The monoisotopic (exact) mass is 283 g/mol. The van der Waals surface area contributed by atoms with Crippen LogP contribution in [0.5, 0.6) is 0 Å². The van der Waals surface area contributed by atoms with Crippen molar-refractivity contribution >= 4 is 11.9 Å². The average molecular weight is 283 g/mol. The standard InChI is InChI=1S/C13H25N5O2/c1-8(2)6-14-7-11-17-18-13(20-11)16-10(5)12(19)15-9(3)4/h8-10,14H,6-7H2,1-5H3,(H,15,19)(H,16,18). The first-order valence-corrected chi connectivity index (χ1v) is 6.98. The fourth-order valence-electron chi connectivity index (χ4n) is 1.51. The summed E-state index contributed by atoms with van der Waals surface area (Å²) in [6.45, 7) is 11.2. The Morgan fingerprint density at radius 3 is 2.50 bits per heavy atom. The summed E-state index contributed by atoms with van der Waals surface area (Å²) in [5.41, 5.74) is 0. The molecule has 0 fully saturated rings. The minimum atomic E-state index is -0.422. The highest BCUT2D eigenvalue weighted by molar-refractivity contribution is 5.83. The maximum Gasteiger partial charge on any atom is 0.316 e. The van der Waals surface area contributed by atoms with E-state index in [1.54, 1.807) is 6.92 Å². The summed E-state index contributed by atoms with van der Waals surface area (Å²) in [5, 5.41) is 16.7. The molecule has 1 aromatic rings. The molecule has 1 amide bonds. The van der Waals surface area contributed by atoms with E-state index < -0.39 is 6.04 Å². The van der Waals surface area contributed by atoms with Crippen LogP contribution in [0.25, 0.3) is 0 Å². The molecule has 0 bridgehead atoms. The predicted molar refractivity (Wildman–Crippen MR) is 77.2 cm³/mol. The van der Waals surface area contributed by atoms with Gasteiger partial charge in [0.25, 0.3) is 0 Å². The summed E-state index contributed by atoms with van der Waals surface area (Å²) in [4.78, 5) is 11.7. The molecule has 0 aliphatic carbocycles. The molecule has 7 heteroatoms. The van der Waals surface area contributed by atoms with Crippen molar-refractivity contribution < 1.29 is 9.21 Å². The maximum absolute atomic E-state index is 11.7. The number of rotatable bonds is 8. The minimum absolute atomic E-state index is 0.0994. The Labute approximate surface area is 119 Å². The molecule has 1 atom stereocenters. The normalized spacial score (nSPS) is 12.8. The zero-order valence-corrected chi connectivity index (χ0v) is 12.9. The molecular formula is C13H25N5O2. The van der Waals surface area contributed by atoms with E-state index >= 15 is 0 Å². The van der Waals surface area contributed by atoms with Crippen molar-refractivity contribution in [3.8, 4) is 0 Å². The summed E-state index contributed by atoms with van der Waals surface area (Å²) in [5.74, 6) is 0.970. The molecule has 0 aliphatic rings. The van der Waals surface area contributed by atoms with E-state index in [-0.39, 0.29) is 18.0 Å². The number of anilines is 1. The van der Waals surface area contributed by atoms with Gasteiger partial charge in [0.05, 0.1) is 6.54 Å². The predicted octanol–water partition coefficient (Wildman–Crippen LogP) is 1.14. The molecule has 1 aromatic heterocycles. The van der Waals surface area contributed by atoms with Crippen molar-refractivity contribution in [3.63, 3.8) is 0 Å². The number of hydrogen-bond donors (Lipinski definition) is 3. The molecule has 0 saturated carbocycles. The largest absolute Gasteiger partial charge is 0.407 e. The van der Waals surface area contributed by atoms with Crippen molar-refractivity contribution in [3.05, 3.63) is 5.89 Å². The fraction of sp³-hybridized carbons (Fsp3) is 0.769. The first kappa shape index (κ1) is 16.4. The zero-order chi connectivity index (χ0) is 15.1. The first-order chi connectivity index (χ1) is 9.38. The molecule has 0 aromatic carbocycles. The summed E-state index contributed by atoms with van der Waals surface area (Å²) < 4.78 is 5.42. The van der Waals surface area contributed by atoms with Crippen LogP contribution in [0.3, 0.4) is 0 Å². The van der Waals surface area contributed by atoms with Gasteiger partial charge in [0, 0.05) is 6.04 Å². The highest BCUT2D eigenvalue weighted by atomic mass is 16.4. The number of nitrogens with zero attached hydrogens (tertiary/aromatic N) is 2. The lowest BCUT2D eigenvalue weighted by atomic mass is 10.2. The van der Waals surface area contributed by atoms with Gasteiger partial charge < -0.3 is 20.4 Å². The van der Waals surface area contributed by atoms with Crippen LogP contribution >= 0.6 is 0 Å². The van der Waals surface area contributed by atoms with Crippen LogP contribution < -0.4 is 16.0 Å². The van der Waals surface area contributed by atoms with E-state index in [1.165, 1.54) is 0 Å². The van der Waals surface area contributed by atoms with Crippen molar-refractivity contribution in [2.75, 3.05) is 11.9 Å². The number of carbonyl (C=O) groups is 1. The third kappa shape index (κ3) is 6.01. The smallest absolute Gasteiger partial charge is 0.316 e. The van der Waals surface area contributed by atoms with Gasteiger partial charge in [-0.15, -0.1) is 5.10 Å².